The van der Waals surface area contributed by atoms with Gasteiger partial charge in [0, 0.05) is 13.1 Å². The summed E-state index contributed by atoms with van der Waals surface area (Å²) in [7, 11) is -2.00. The standard InChI is InChI=1S/C17H24N2O3S/c1-19(23(2,21)22)16(13-6-4-3-5-7-13)17(20)18-15-11-12-8-9-14(15)10-12/h3-7,12,14-16H,8-11H2,1-2H3,(H,18,20)/t12-,14-,15-,16-/m0/s1. The van der Waals surface area contributed by atoms with Crippen molar-refractivity contribution in [2.75, 3.05) is 13.3 Å². The van der Waals surface area contributed by atoms with Crippen LogP contribution < -0.4 is 5.32 Å². The Morgan fingerprint density at radius 3 is 2.43 bits per heavy atom. The molecule has 0 radical (unpaired) electrons. The van der Waals surface area contributed by atoms with Crippen LogP contribution in [0, 0.1) is 11.8 Å². The van der Waals surface area contributed by atoms with Gasteiger partial charge in [-0.3, -0.25) is 4.79 Å². The number of nitrogens with one attached hydrogen (secondary N) is 1. The van der Waals surface area contributed by atoms with E-state index >= 15 is 0 Å². The van der Waals surface area contributed by atoms with E-state index in [1.807, 2.05) is 18.2 Å². The molecule has 0 aliphatic heterocycles. The van der Waals surface area contributed by atoms with Gasteiger partial charge in [0.05, 0.1) is 6.26 Å². The molecule has 126 valence electrons. The maximum atomic E-state index is 12.8. The van der Waals surface area contributed by atoms with Crippen molar-refractivity contribution in [3.8, 4) is 0 Å². The smallest absolute Gasteiger partial charge is 0.243 e. The van der Waals surface area contributed by atoms with Crippen LogP contribution in [-0.2, 0) is 14.8 Å². The topological polar surface area (TPSA) is 66.5 Å². The minimum Gasteiger partial charge on any atom is -0.351 e. The lowest BCUT2D eigenvalue weighted by Gasteiger charge is -2.29. The molecule has 6 heteroatoms. The van der Waals surface area contributed by atoms with Crippen LogP contribution >= 0.6 is 0 Å². The lowest BCUT2D eigenvalue weighted by atomic mass is 9.94. The van der Waals surface area contributed by atoms with Gasteiger partial charge in [-0.05, 0) is 36.7 Å². The largest absolute Gasteiger partial charge is 0.351 e. The number of benzene rings is 1. The monoisotopic (exact) mass is 336 g/mol. The molecule has 3 rings (SSSR count). The summed E-state index contributed by atoms with van der Waals surface area (Å²) in [6, 6.07) is 8.48. The van der Waals surface area contributed by atoms with Crippen molar-refractivity contribution in [3.63, 3.8) is 0 Å². The highest BCUT2D eigenvalue weighted by Crippen LogP contribution is 2.44. The van der Waals surface area contributed by atoms with Crippen molar-refractivity contribution in [3.05, 3.63) is 35.9 Å². The number of rotatable bonds is 5. The third-order valence-corrected chi connectivity index (χ3v) is 6.57. The van der Waals surface area contributed by atoms with Crippen LogP contribution in [0.5, 0.6) is 0 Å². The van der Waals surface area contributed by atoms with Crippen LogP contribution in [0.4, 0.5) is 0 Å². The van der Waals surface area contributed by atoms with Crippen LogP contribution in [0.25, 0.3) is 0 Å². The zero-order valence-electron chi connectivity index (χ0n) is 13.6. The average molecular weight is 336 g/mol. The predicted octanol–water partition coefficient (Wildman–Crippen LogP) is 1.92. The molecule has 0 aromatic heterocycles. The van der Waals surface area contributed by atoms with E-state index in [9.17, 15) is 13.2 Å². The van der Waals surface area contributed by atoms with E-state index in [1.54, 1.807) is 12.1 Å². The third kappa shape index (κ3) is 3.43. The third-order valence-electron chi connectivity index (χ3n) is 5.32. The van der Waals surface area contributed by atoms with Gasteiger partial charge in [-0.1, -0.05) is 36.8 Å². The molecule has 2 bridgehead atoms. The van der Waals surface area contributed by atoms with E-state index in [2.05, 4.69) is 5.32 Å². The highest BCUT2D eigenvalue weighted by molar-refractivity contribution is 7.88. The molecule has 0 spiro atoms. The Morgan fingerprint density at radius 2 is 1.91 bits per heavy atom. The lowest BCUT2D eigenvalue weighted by Crippen LogP contribution is -2.46. The molecule has 23 heavy (non-hydrogen) atoms. The van der Waals surface area contributed by atoms with Crippen molar-refractivity contribution in [2.24, 2.45) is 11.8 Å². The highest BCUT2D eigenvalue weighted by atomic mass is 32.2. The fraction of sp³-hybridized carbons (Fsp3) is 0.588. The molecule has 0 saturated heterocycles. The summed E-state index contributed by atoms with van der Waals surface area (Å²) >= 11 is 0. The number of likely N-dealkylation sites (N-methyl/N-ethyl adjacent to an activating group) is 1. The van der Waals surface area contributed by atoms with Crippen molar-refractivity contribution in [2.45, 2.75) is 37.8 Å². The minimum absolute atomic E-state index is 0.195. The van der Waals surface area contributed by atoms with E-state index in [1.165, 1.54) is 26.3 Å². The summed E-state index contributed by atoms with van der Waals surface area (Å²) in [6.07, 6.45) is 5.80. The second kappa shape index (κ2) is 6.24. The first-order valence-corrected chi connectivity index (χ1v) is 9.99. The summed E-state index contributed by atoms with van der Waals surface area (Å²) < 4.78 is 25.1. The van der Waals surface area contributed by atoms with Crippen molar-refractivity contribution in [1.29, 1.82) is 0 Å². The summed E-state index contributed by atoms with van der Waals surface area (Å²) in [4.78, 5) is 12.8. The Bertz CT molecular complexity index is 674. The van der Waals surface area contributed by atoms with Crippen molar-refractivity contribution in [1.82, 2.24) is 9.62 Å². The van der Waals surface area contributed by atoms with E-state index in [0.29, 0.717) is 11.5 Å². The fourth-order valence-corrected chi connectivity index (χ4v) is 4.64. The fourth-order valence-electron chi connectivity index (χ4n) is 4.04. The van der Waals surface area contributed by atoms with Crippen LogP contribution in [0.1, 0.15) is 37.3 Å². The van der Waals surface area contributed by atoms with Crippen LogP contribution in [0.15, 0.2) is 30.3 Å². The number of hydrogen-bond donors (Lipinski definition) is 1. The van der Waals surface area contributed by atoms with E-state index < -0.39 is 16.1 Å². The molecule has 0 unspecified atom stereocenters. The normalized spacial score (nSPS) is 28.0. The molecule has 2 fully saturated rings. The average Bonchev–Trinajstić information content (AvgIpc) is 3.10. The van der Waals surface area contributed by atoms with Crippen LogP contribution in [-0.4, -0.2) is 38.0 Å². The van der Waals surface area contributed by atoms with Gasteiger partial charge in [0.25, 0.3) is 0 Å². The van der Waals surface area contributed by atoms with E-state index in [0.717, 1.165) is 22.9 Å². The number of hydrogen-bond acceptors (Lipinski definition) is 3. The molecule has 1 amide bonds. The Balaban J connectivity index is 1.81. The molecule has 4 atom stereocenters. The molecular weight excluding hydrogens is 312 g/mol. The van der Waals surface area contributed by atoms with Crippen LogP contribution in [0.2, 0.25) is 0 Å². The SMILES string of the molecule is CN([C@H](C(=O)N[C@H]1C[C@H]2CC[C@H]1C2)c1ccccc1)S(C)(=O)=O. The first-order chi connectivity index (χ1) is 10.9. The second-order valence-corrected chi connectivity index (χ2v) is 8.92. The number of nitrogens with zero attached hydrogens (tertiary/aromatic N) is 1. The molecule has 1 N–H and O–H groups in total. The van der Waals surface area contributed by atoms with Gasteiger partial charge in [-0.2, -0.15) is 4.31 Å². The molecule has 2 aliphatic carbocycles. The maximum Gasteiger partial charge on any atom is 0.243 e. The minimum atomic E-state index is -3.47. The number of carbonyl (C=O) groups is 1. The molecular formula is C17H24N2O3S. The van der Waals surface area contributed by atoms with Gasteiger partial charge < -0.3 is 5.32 Å². The number of carbonyl (C=O) groups excluding carboxylic acids is 1. The Labute approximate surface area is 138 Å². The van der Waals surface area contributed by atoms with Gasteiger partial charge >= 0.3 is 0 Å². The number of sulfonamides is 1. The Kier molecular flexibility index (Phi) is 4.47. The Morgan fingerprint density at radius 1 is 1.22 bits per heavy atom. The quantitative estimate of drug-likeness (QED) is 0.893. The van der Waals surface area contributed by atoms with Crippen molar-refractivity contribution >= 4 is 15.9 Å². The van der Waals surface area contributed by atoms with Crippen molar-refractivity contribution < 1.29 is 13.2 Å². The zero-order valence-corrected chi connectivity index (χ0v) is 14.4. The predicted molar refractivity (Wildman–Crippen MR) is 89.2 cm³/mol. The summed E-state index contributed by atoms with van der Waals surface area (Å²) in [5.74, 6) is 1.07. The van der Waals surface area contributed by atoms with Gasteiger partial charge in [0.1, 0.15) is 6.04 Å². The molecule has 1 aromatic rings. The molecule has 2 saturated carbocycles. The zero-order chi connectivity index (χ0) is 16.6. The summed E-state index contributed by atoms with van der Waals surface area (Å²) in [5, 5.41) is 3.12. The number of amides is 1. The lowest BCUT2D eigenvalue weighted by molar-refractivity contribution is -0.125. The molecule has 1 aromatic carbocycles. The second-order valence-electron chi connectivity index (χ2n) is 6.88. The maximum absolute atomic E-state index is 12.8. The summed E-state index contributed by atoms with van der Waals surface area (Å²) in [5.41, 5.74) is 0.695. The molecule has 0 heterocycles. The van der Waals surface area contributed by atoms with Gasteiger partial charge in [0.15, 0.2) is 0 Å². The number of fused-ring (bicyclic) bond motifs is 2. The van der Waals surface area contributed by atoms with Gasteiger partial charge in [0.2, 0.25) is 15.9 Å². The molecule has 5 nitrogen and oxygen atoms in total. The molecule has 2 aliphatic rings. The summed E-state index contributed by atoms with van der Waals surface area (Å²) in [6.45, 7) is 0. The van der Waals surface area contributed by atoms with E-state index in [4.69, 9.17) is 0 Å². The van der Waals surface area contributed by atoms with Crippen LogP contribution in [0.3, 0.4) is 0 Å². The van der Waals surface area contributed by atoms with Gasteiger partial charge in [-0.25, -0.2) is 8.42 Å². The Hall–Kier alpha value is -1.40. The van der Waals surface area contributed by atoms with Gasteiger partial charge in [-0.15, -0.1) is 0 Å². The first-order valence-electron chi connectivity index (χ1n) is 8.14. The van der Waals surface area contributed by atoms with E-state index in [-0.39, 0.29) is 11.9 Å². The first kappa shape index (κ1) is 16.5. The highest BCUT2D eigenvalue weighted by Gasteiger charge is 2.41.